The fourth-order valence-electron chi connectivity index (χ4n) is 3.11. The molecule has 3 atom stereocenters. The molecular formula is C19H36O2. The molecule has 0 aliphatic carbocycles. The Hall–Kier alpha value is -0.340. The van der Waals surface area contributed by atoms with Crippen LogP contribution in [-0.4, -0.2) is 19.0 Å². The smallest absolute Gasteiger partial charge is 0.157 e. The van der Waals surface area contributed by atoms with Crippen LogP contribution in [0.5, 0.6) is 0 Å². The molecule has 0 saturated carbocycles. The Morgan fingerprint density at radius 2 is 1.71 bits per heavy atom. The van der Waals surface area contributed by atoms with Gasteiger partial charge in [-0.2, -0.15) is 0 Å². The van der Waals surface area contributed by atoms with Crippen LogP contribution in [-0.2, 0) is 9.47 Å². The van der Waals surface area contributed by atoms with Gasteiger partial charge in [-0.25, -0.2) is 0 Å². The summed E-state index contributed by atoms with van der Waals surface area (Å²) >= 11 is 0. The van der Waals surface area contributed by atoms with E-state index in [-0.39, 0.29) is 6.29 Å². The van der Waals surface area contributed by atoms with Crippen molar-refractivity contribution in [2.24, 2.45) is 5.92 Å². The van der Waals surface area contributed by atoms with Crippen LogP contribution < -0.4 is 0 Å². The van der Waals surface area contributed by atoms with Gasteiger partial charge < -0.3 is 9.47 Å². The molecule has 0 bridgehead atoms. The van der Waals surface area contributed by atoms with E-state index in [2.05, 4.69) is 20.4 Å². The quantitative estimate of drug-likeness (QED) is 0.331. The monoisotopic (exact) mass is 296 g/mol. The zero-order chi connectivity index (χ0) is 15.3. The van der Waals surface area contributed by atoms with Crippen LogP contribution >= 0.6 is 0 Å². The van der Waals surface area contributed by atoms with Crippen molar-refractivity contribution in [1.29, 1.82) is 0 Å². The second-order valence-electron chi connectivity index (χ2n) is 6.38. The molecule has 0 aromatic heterocycles. The normalized spacial score (nSPS) is 25.9. The third kappa shape index (κ3) is 8.01. The van der Waals surface area contributed by atoms with Crippen molar-refractivity contribution < 1.29 is 9.47 Å². The molecule has 1 saturated heterocycles. The van der Waals surface area contributed by atoms with Gasteiger partial charge in [0, 0.05) is 5.92 Å². The molecular weight excluding hydrogens is 260 g/mol. The van der Waals surface area contributed by atoms with E-state index in [0.717, 1.165) is 13.0 Å². The summed E-state index contributed by atoms with van der Waals surface area (Å²) < 4.78 is 12.0. The molecule has 1 aliphatic rings. The van der Waals surface area contributed by atoms with Gasteiger partial charge in [-0.05, 0) is 38.5 Å². The average molecular weight is 296 g/mol. The Labute approximate surface area is 132 Å². The molecule has 0 N–H and O–H groups in total. The van der Waals surface area contributed by atoms with Crippen molar-refractivity contribution in [1.82, 2.24) is 0 Å². The van der Waals surface area contributed by atoms with Crippen molar-refractivity contribution in [2.45, 2.75) is 96.9 Å². The van der Waals surface area contributed by atoms with E-state index in [0.29, 0.717) is 12.0 Å². The van der Waals surface area contributed by atoms with Crippen molar-refractivity contribution in [3.63, 3.8) is 0 Å². The minimum Gasteiger partial charge on any atom is -0.352 e. The lowest BCUT2D eigenvalue weighted by Gasteiger charge is -2.36. The highest BCUT2D eigenvalue weighted by Gasteiger charge is 2.29. The topological polar surface area (TPSA) is 18.5 Å². The maximum Gasteiger partial charge on any atom is 0.157 e. The number of rotatable bonds is 12. The van der Waals surface area contributed by atoms with Crippen LogP contribution in [0.3, 0.4) is 0 Å². The van der Waals surface area contributed by atoms with Gasteiger partial charge in [-0.3, -0.25) is 0 Å². The standard InChI is InChI=1S/C19H36O2/c1-4-7-8-9-10-11-12-13-15-19-20-16-17(6-3)18(21-19)14-5-2/h4,17-19H,1,5-16H2,2-3H3/t17-,18+,19-/m0/s1. The Morgan fingerprint density at radius 3 is 2.38 bits per heavy atom. The van der Waals surface area contributed by atoms with E-state index in [9.17, 15) is 0 Å². The van der Waals surface area contributed by atoms with Crippen LogP contribution in [0.15, 0.2) is 12.7 Å². The minimum absolute atomic E-state index is 0.0603. The molecule has 0 amide bonds. The maximum atomic E-state index is 6.16. The van der Waals surface area contributed by atoms with E-state index in [4.69, 9.17) is 9.47 Å². The lowest BCUT2D eigenvalue weighted by atomic mass is 9.95. The van der Waals surface area contributed by atoms with Gasteiger partial charge in [-0.1, -0.05) is 52.0 Å². The van der Waals surface area contributed by atoms with Gasteiger partial charge >= 0.3 is 0 Å². The fraction of sp³-hybridized carbons (Fsp3) is 0.895. The molecule has 0 unspecified atom stereocenters. The highest BCUT2D eigenvalue weighted by molar-refractivity contribution is 4.73. The lowest BCUT2D eigenvalue weighted by molar-refractivity contribution is -0.240. The van der Waals surface area contributed by atoms with Crippen molar-refractivity contribution >= 4 is 0 Å². The van der Waals surface area contributed by atoms with Gasteiger partial charge in [0.05, 0.1) is 12.7 Å². The summed E-state index contributed by atoms with van der Waals surface area (Å²) in [4.78, 5) is 0. The molecule has 1 fully saturated rings. The first-order valence-electron chi connectivity index (χ1n) is 9.19. The van der Waals surface area contributed by atoms with E-state index in [1.165, 1.54) is 64.2 Å². The highest BCUT2D eigenvalue weighted by Crippen LogP contribution is 2.27. The number of allylic oxidation sites excluding steroid dienone is 1. The summed E-state index contributed by atoms with van der Waals surface area (Å²) in [7, 11) is 0. The number of unbranched alkanes of at least 4 members (excludes halogenated alkanes) is 6. The summed E-state index contributed by atoms with van der Waals surface area (Å²) in [5, 5.41) is 0. The van der Waals surface area contributed by atoms with Crippen LogP contribution in [0.4, 0.5) is 0 Å². The van der Waals surface area contributed by atoms with Crippen LogP contribution in [0.1, 0.15) is 84.5 Å². The van der Waals surface area contributed by atoms with Crippen molar-refractivity contribution in [3.8, 4) is 0 Å². The SMILES string of the molecule is C=CCCCCCCCC[C@H]1OC[C@H](CC)[C@@H](CCC)O1. The second kappa shape index (κ2) is 12.2. The largest absolute Gasteiger partial charge is 0.352 e. The molecule has 1 aliphatic heterocycles. The Morgan fingerprint density at radius 1 is 1.00 bits per heavy atom. The van der Waals surface area contributed by atoms with Crippen LogP contribution in [0, 0.1) is 5.92 Å². The molecule has 0 aromatic rings. The van der Waals surface area contributed by atoms with Crippen molar-refractivity contribution in [3.05, 3.63) is 12.7 Å². The number of ether oxygens (including phenoxy) is 2. The molecule has 2 heteroatoms. The summed E-state index contributed by atoms with van der Waals surface area (Å²) in [5.41, 5.74) is 0. The molecule has 124 valence electrons. The Bertz CT molecular complexity index is 252. The maximum absolute atomic E-state index is 6.16. The first-order valence-corrected chi connectivity index (χ1v) is 9.19. The second-order valence-corrected chi connectivity index (χ2v) is 6.38. The van der Waals surface area contributed by atoms with Gasteiger partial charge in [-0.15, -0.1) is 6.58 Å². The van der Waals surface area contributed by atoms with E-state index in [1.54, 1.807) is 0 Å². The fourth-order valence-corrected chi connectivity index (χ4v) is 3.11. The van der Waals surface area contributed by atoms with E-state index in [1.807, 2.05) is 6.08 Å². The molecule has 0 radical (unpaired) electrons. The summed E-state index contributed by atoms with van der Waals surface area (Å²) in [6.45, 7) is 9.14. The molecule has 0 spiro atoms. The molecule has 1 rings (SSSR count). The molecule has 0 aromatic carbocycles. The summed E-state index contributed by atoms with van der Waals surface area (Å²) in [5.74, 6) is 0.603. The minimum atomic E-state index is 0.0603. The van der Waals surface area contributed by atoms with Crippen molar-refractivity contribution in [2.75, 3.05) is 6.61 Å². The van der Waals surface area contributed by atoms with Gasteiger partial charge in [0.15, 0.2) is 6.29 Å². The Balaban J connectivity index is 2.05. The van der Waals surface area contributed by atoms with Gasteiger partial charge in [0.2, 0.25) is 0 Å². The predicted molar refractivity (Wildman–Crippen MR) is 90.4 cm³/mol. The third-order valence-electron chi connectivity index (χ3n) is 4.54. The van der Waals surface area contributed by atoms with Crippen LogP contribution in [0.25, 0.3) is 0 Å². The third-order valence-corrected chi connectivity index (χ3v) is 4.54. The zero-order valence-corrected chi connectivity index (χ0v) is 14.3. The summed E-state index contributed by atoms with van der Waals surface area (Å²) in [6, 6.07) is 0. The predicted octanol–water partition coefficient (Wildman–Crippen LogP) is 5.86. The molecule has 21 heavy (non-hydrogen) atoms. The average Bonchev–Trinajstić information content (AvgIpc) is 2.50. The summed E-state index contributed by atoms with van der Waals surface area (Å²) in [6.07, 6.45) is 16.2. The van der Waals surface area contributed by atoms with E-state index < -0.39 is 0 Å². The highest BCUT2D eigenvalue weighted by atomic mass is 16.7. The first-order chi connectivity index (χ1) is 10.3. The molecule has 2 nitrogen and oxygen atoms in total. The first kappa shape index (κ1) is 18.7. The Kier molecular flexibility index (Phi) is 10.9. The van der Waals surface area contributed by atoms with Gasteiger partial charge in [0.25, 0.3) is 0 Å². The van der Waals surface area contributed by atoms with Crippen LogP contribution in [0.2, 0.25) is 0 Å². The lowest BCUT2D eigenvalue weighted by Crippen LogP contribution is -2.39. The van der Waals surface area contributed by atoms with E-state index >= 15 is 0 Å². The van der Waals surface area contributed by atoms with Gasteiger partial charge in [0.1, 0.15) is 0 Å². The molecule has 1 heterocycles. The number of hydrogen-bond donors (Lipinski definition) is 0. The zero-order valence-electron chi connectivity index (χ0n) is 14.3. The number of hydrogen-bond acceptors (Lipinski definition) is 2.